The van der Waals surface area contributed by atoms with Gasteiger partial charge in [0.2, 0.25) is 0 Å². The van der Waals surface area contributed by atoms with Crippen LogP contribution in [0.2, 0.25) is 0 Å². The van der Waals surface area contributed by atoms with Gasteiger partial charge in [-0.1, -0.05) is 24.3 Å². The molecule has 170 valence electrons. The molecule has 0 radical (unpaired) electrons. The van der Waals surface area contributed by atoms with Crippen LogP contribution in [0.1, 0.15) is 31.8 Å². The lowest BCUT2D eigenvalue weighted by Gasteiger charge is -2.08. The van der Waals surface area contributed by atoms with Crippen molar-refractivity contribution in [2.75, 3.05) is 0 Å². The van der Waals surface area contributed by atoms with E-state index in [-0.39, 0.29) is 11.8 Å². The molecule has 4 aromatic rings. The fourth-order valence-electron chi connectivity index (χ4n) is 3.50. The first-order chi connectivity index (χ1) is 16.5. The van der Waals surface area contributed by atoms with Gasteiger partial charge in [-0.25, -0.2) is 9.13 Å². The molecule has 6 nitrogen and oxygen atoms in total. The van der Waals surface area contributed by atoms with Gasteiger partial charge in [-0.3, -0.25) is 9.59 Å². The highest BCUT2D eigenvalue weighted by atomic mass is 16.2. The maximum atomic E-state index is 12.5. The van der Waals surface area contributed by atoms with E-state index in [0.29, 0.717) is 24.2 Å². The van der Waals surface area contributed by atoms with Crippen LogP contribution in [0.5, 0.6) is 0 Å². The number of aromatic nitrogens is 2. The molecule has 0 saturated carbocycles. The molecule has 0 aliphatic heterocycles. The topological polar surface area (TPSA) is 66.0 Å². The molecule has 0 atom stereocenters. The van der Waals surface area contributed by atoms with E-state index < -0.39 is 0 Å². The lowest BCUT2D eigenvalue weighted by atomic mass is 10.0. The number of pyridine rings is 2. The summed E-state index contributed by atoms with van der Waals surface area (Å²) in [6.45, 7) is 0.960. The van der Waals surface area contributed by atoms with Gasteiger partial charge >= 0.3 is 0 Å². The number of benzene rings is 2. The lowest BCUT2D eigenvalue weighted by Crippen LogP contribution is -2.27. The number of carbonyl (C=O) groups is 2. The molecule has 34 heavy (non-hydrogen) atoms. The SMILES string of the molecule is C[n+]1ccc(CNC(=O)c2ccc(-c3ccc(C(=O)NCc4cc[n+](C)cc4)cc3)cc2)cc1. The average Bonchev–Trinajstić information content (AvgIpc) is 2.88. The number of aryl methyl sites for hydroxylation is 2. The van der Waals surface area contributed by atoms with Crippen molar-refractivity contribution in [3.05, 3.63) is 120 Å². The Balaban J connectivity index is 1.33. The minimum absolute atomic E-state index is 0.112. The van der Waals surface area contributed by atoms with E-state index in [2.05, 4.69) is 10.6 Å². The van der Waals surface area contributed by atoms with Gasteiger partial charge in [0.15, 0.2) is 24.8 Å². The summed E-state index contributed by atoms with van der Waals surface area (Å²) in [6.07, 6.45) is 7.81. The average molecular weight is 453 g/mol. The predicted octanol–water partition coefficient (Wildman–Crippen LogP) is 2.86. The van der Waals surface area contributed by atoms with Gasteiger partial charge in [0.05, 0.1) is 0 Å². The molecule has 0 spiro atoms. The summed E-state index contributed by atoms with van der Waals surface area (Å²) in [5.41, 5.74) is 5.27. The summed E-state index contributed by atoms with van der Waals surface area (Å²) >= 11 is 0. The Morgan fingerprint density at radius 3 is 1.21 bits per heavy atom. The number of carbonyl (C=O) groups excluding carboxylic acids is 2. The summed E-state index contributed by atoms with van der Waals surface area (Å²) in [4.78, 5) is 24.9. The maximum Gasteiger partial charge on any atom is 0.251 e. The molecule has 2 aromatic carbocycles. The number of nitrogens with zero attached hydrogens (tertiary/aromatic N) is 2. The fourth-order valence-corrected chi connectivity index (χ4v) is 3.50. The Hall–Kier alpha value is -4.32. The normalized spacial score (nSPS) is 10.5. The second kappa shape index (κ2) is 10.5. The van der Waals surface area contributed by atoms with Crippen LogP contribution in [0.3, 0.4) is 0 Å². The van der Waals surface area contributed by atoms with Gasteiger partial charge in [0.1, 0.15) is 14.1 Å². The van der Waals surface area contributed by atoms with E-state index >= 15 is 0 Å². The van der Waals surface area contributed by atoms with E-state index in [0.717, 1.165) is 22.3 Å². The maximum absolute atomic E-state index is 12.5. The molecule has 0 bridgehead atoms. The highest BCUT2D eigenvalue weighted by Crippen LogP contribution is 2.20. The largest absolute Gasteiger partial charge is 0.348 e. The third-order valence-corrected chi connectivity index (χ3v) is 5.63. The zero-order valence-corrected chi connectivity index (χ0v) is 19.4. The Morgan fingerprint density at radius 1 is 0.559 bits per heavy atom. The Labute approximate surface area is 199 Å². The molecule has 0 unspecified atom stereocenters. The van der Waals surface area contributed by atoms with Crippen LogP contribution in [-0.4, -0.2) is 11.8 Å². The summed E-state index contributed by atoms with van der Waals surface area (Å²) in [7, 11) is 3.91. The molecule has 2 amide bonds. The summed E-state index contributed by atoms with van der Waals surface area (Å²) in [5, 5.41) is 5.89. The van der Waals surface area contributed by atoms with Crippen LogP contribution in [0.4, 0.5) is 0 Å². The summed E-state index contributed by atoms with van der Waals surface area (Å²) < 4.78 is 3.90. The van der Waals surface area contributed by atoms with E-state index in [4.69, 9.17) is 0 Å². The van der Waals surface area contributed by atoms with Crippen LogP contribution in [-0.2, 0) is 27.2 Å². The number of rotatable bonds is 7. The zero-order valence-electron chi connectivity index (χ0n) is 19.4. The number of amides is 2. The van der Waals surface area contributed by atoms with Gasteiger partial charge in [-0.15, -0.1) is 0 Å². The van der Waals surface area contributed by atoms with Crippen molar-refractivity contribution >= 4 is 11.8 Å². The van der Waals surface area contributed by atoms with Crippen molar-refractivity contribution in [3.63, 3.8) is 0 Å². The van der Waals surface area contributed by atoms with Gasteiger partial charge in [-0.2, -0.15) is 0 Å². The van der Waals surface area contributed by atoms with Crippen LogP contribution < -0.4 is 19.8 Å². The first-order valence-electron chi connectivity index (χ1n) is 11.1. The third-order valence-electron chi connectivity index (χ3n) is 5.63. The number of hydrogen-bond acceptors (Lipinski definition) is 2. The van der Waals surface area contributed by atoms with Gasteiger partial charge < -0.3 is 10.6 Å². The van der Waals surface area contributed by atoms with Crippen molar-refractivity contribution in [1.29, 1.82) is 0 Å². The number of nitrogens with one attached hydrogen (secondary N) is 2. The van der Waals surface area contributed by atoms with Crippen molar-refractivity contribution < 1.29 is 18.7 Å². The van der Waals surface area contributed by atoms with Crippen LogP contribution in [0, 0.1) is 0 Å². The van der Waals surface area contributed by atoms with Crippen LogP contribution in [0.25, 0.3) is 11.1 Å². The van der Waals surface area contributed by atoms with Crippen LogP contribution in [0.15, 0.2) is 97.6 Å². The molecular weight excluding hydrogens is 424 g/mol. The second-order valence-corrected chi connectivity index (χ2v) is 8.26. The Bertz CT molecular complexity index is 1160. The molecule has 0 fully saturated rings. The molecule has 0 aliphatic carbocycles. The first-order valence-corrected chi connectivity index (χ1v) is 11.1. The molecule has 4 rings (SSSR count). The molecule has 6 heteroatoms. The smallest absolute Gasteiger partial charge is 0.251 e. The van der Waals surface area contributed by atoms with Gasteiger partial charge in [0, 0.05) is 48.5 Å². The quantitative estimate of drug-likeness (QED) is 0.424. The van der Waals surface area contributed by atoms with Gasteiger partial charge in [0.25, 0.3) is 11.8 Å². The molecular formula is C28H28N4O2+2. The standard InChI is InChI=1S/C28H26N4O2/c1-31-15-11-21(12-16-31)19-29-27(33)25-7-3-23(4-8-25)24-5-9-26(10-6-24)28(34)30-20-22-13-17-32(2)18-14-22/h3-18H,19-20H2,1-2H3/p+2. The zero-order chi connectivity index (χ0) is 23.9. The van der Waals surface area contributed by atoms with E-state index in [1.54, 1.807) is 0 Å². The molecule has 2 N–H and O–H groups in total. The first kappa shape index (κ1) is 22.9. The number of hydrogen-bond donors (Lipinski definition) is 2. The van der Waals surface area contributed by atoms with E-state index in [1.807, 2.05) is 121 Å². The molecule has 2 aromatic heterocycles. The second-order valence-electron chi connectivity index (χ2n) is 8.26. The van der Waals surface area contributed by atoms with E-state index in [9.17, 15) is 9.59 Å². The molecule has 0 aliphatic rings. The predicted molar refractivity (Wildman–Crippen MR) is 129 cm³/mol. The summed E-state index contributed by atoms with van der Waals surface area (Å²) in [5.74, 6) is -0.224. The minimum atomic E-state index is -0.112. The lowest BCUT2D eigenvalue weighted by molar-refractivity contribution is -0.671. The Kier molecular flexibility index (Phi) is 7.08. The van der Waals surface area contributed by atoms with Crippen molar-refractivity contribution in [2.24, 2.45) is 14.1 Å². The van der Waals surface area contributed by atoms with Crippen molar-refractivity contribution in [2.45, 2.75) is 13.1 Å². The third kappa shape index (κ3) is 5.92. The van der Waals surface area contributed by atoms with E-state index in [1.165, 1.54) is 0 Å². The molecule has 0 saturated heterocycles. The molecule has 2 heterocycles. The van der Waals surface area contributed by atoms with Crippen molar-refractivity contribution in [1.82, 2.24) is 10.6 Å². The van der Waals surface area contributed by atoms with Crippen molar-refractivity contribution in [3.8, 4) is 11.1 Å². The fraction of sp³-hybridized carbons (Fsp3) is 0.143. The minimum Gasteiger partial charge on any atom is -0.348 e. The highest BCUT2D eigenvalue weighted by Gasteiger charge is 2.09. The van der Waals surface area contributed by atoms with Crippen LogP contribution >= 0.6 is 0 Å². The summed E-state index contributed by atoms with van der Waals surface area (Å²) in [6, 6.07) is 22.9. The highest BCUT2D eigenvalue weighted by molar-refractivity contribution is 5.95. The van der Waals surface area contributed by atoms with Gasteiger partial charge in [-0.05, 0) is 46.5 Å². The Morgan fingerprint density at radius 2 is 0.882 bits per heavy atom. The monoisotopic (exact) mass is 452 g/mol.